The average Bonchev–Trinajstić information content (AvgIpc) is 2.79. The van der Waals surface area contributed by atoms with E-state index >= 15 is 0 Å². The molecule has 1 aliphatic rings. The molecule has 0 fully saturated rings. The lowest BCUT2D eigenvalue weighted by Gasteiger charge is -2.28. The van der Waals surface area contributed by atoms with Gasteiger partial charge in [-0.3, -0.25) is 4.79 Å². The number of nitrogens with zero attached hydrogens (tertiary/aromatic N) is 1. The second-order valence-electron chi connectivity index (χ2n) is 7.41. The van der Waals surface area contributed by atoms with Crippen molar-refractivity contribution < 1.29 is 14.3 Å². The van der Waals surface area contributed by atoms with Crippen molar-refractivity contribution >= 4 is 17.7 Å². The Balaban J connectivity index is 1.39. The summed E-state index contributed by atoms with van der Waals surface area (Å²) in [5.41, 5.74) is 6.22. The average molecular weight is 400 g/mol. The summed E-state index contributed by atoms with van der Waals surface area (Å²) in [5, 5.41) is 2.97. The van der Waals surface area contributed by atoms with Crippen LogP contribution in [0.15, 0.2) is 72.8 Å². The first-order chi connectivity index (χ1) is 14.6. The number of benzene rings is 3. The molecule has 0 spiro atoms. The summed E-state index contributed by atoms with van der Waals surface area (Å²) >= 11 is 0. The van der Waals surface area contributed by atoms with Crippen LogP contribution in [0.3, 0.4) is 0 Å². The maximum Gasteiger partial charge on any atom is 0.409 e. The third-order valence-electron chi connectivity index (χ3n) is 5.36. The molecular formula is C25H24N2O3. The number of methoxy groups -OCH3 is 1. The lowest BCUT2D eigenvalue weighted by molar-refractivity contribution is -0.115. The summed E-state index contributed by atoms with van der Waals surface area (Å²) in [4.78, 5) is 26.0. The molecule has 3 aromatic carbocycles. The Morgan fingerprint density at radius 3 is 2.40 bits per heavy atom. The molecular weight excluding hydrogens is 376 g/mol. The molecule has 152 valence electrons. The van der Waals surface area contributed by atoms with Crippen LogP contribution in [0.2, 0.25) is 0 Å². The Morgan fingerprint density at radius 2 is 1.67 bits per heavy atom. The van der Waals surface area contributed by atoms with Gasteiger partial charge in [0, 0.05) is 18.8 Å². The van der Waals surface area contributed by atoms with Gasteiger partial charge in [-0.25, -0.2) is 4.79 Å². The number of nitrogens with one attached hydrogen (secondary N) is 1. The molecule has 0 saturated heterocycles. The van der Waals surface area contributed by atoms with Crippen molar-refractivity contribution in [2.45, 2.75) is 19.4 Å². The van der Waals surface area contributed by atoms with Gasteiger partial charge >= 0.3 is 6.09 Å². The molecule has 2 amide bonds. The van der Waals surface area contributed by atoms with Crippen LogP contribution in [0.4, 0.5) is 10.5 Å². The first-order valence-corrected chi connectivity index (χ1v) is 10.0. The van der Waals surface area contributed by atoms with Gasteiger partial charge in [0.25, 0.3) is 0 Å². The van der Waals surface area contributed by atoms with Crippen LogP contribution < -0.4 is 5.32 Å². The van der Waals surface area contributed by atoms with E-state index in [0.29, 0.717) is 19.5 Å². The molecule has 30 heavy (non-hydrogen) atoms. The van der Waals surface area contributed by atoms with Crippen molar-refractivity contribution in [3.63, 3.8) is 0 Å². The highest BCUT2D eigenvalue weighted by Gasteiger charge is 2.21. The first-order valence-electron chi connectivity index (χ1n) is 10.0. The minimum absolute atomic E-state index is 0.0666. The van der Waals surface area contributed by atoms with E-state index in [-0.39, 0.29) is 12.0 Å². The molecule has 3 aromatic rings. The van der Waals surface area contributed by atoms with Crippen LogP contribution in [-0.2, 0) is 28.9 Å². The Kier molecular flexibility index (Phi) is 5.80. The van der Waals surface area contributed by atoms with Crippen LogP contribution in [0.5, 0.6) is 0 Å². The molecule has 0 unspecified atom stereocenters. The van der Waals surface area contributed by atoms with Gasteiger partial charge in [0.05, 0.1) is 13.5 Å². The number of anilines is 1. The minimum Gasteiger partial charge on any atom is -0.453 e. The van der Waals surface area contributed by atoms with Gasteiger partial charge in [-0.15, -0.1) is 0 Å². The standard InChI is InChI=1S/C25H24N2O3/c1-30-25(29)27-14-13-21-11-12-23(16-22(21)17-27)26-24(28)15-18-7-9-20(10-8-18)19-5-3-2-4-6-19/h2-12,16H,13-15,17H2,1H3,(H,26,28). The summed E-state index contributed by atoms with van der Waals surface area (Å²) in [6, 6.07) is 24.1. The topological polar surface area (TPSA) is 58.6 Å². The zero-order valence-corrected chi connectivity index (χ0v) is 16.9. The highest BCUT2D eigenvalue weighted by atomic mass is 16.5. The summed E-state index contributed by atoms with van der Waals surface area (Å²) in [7, 11) is 1.39. The van der Waals surface area contributed by atoms with E-state index in [1.54, 1.807) is 4.90 Å². The van der Waals surface area contributed by atoms with E-state index < -0.39 is 0 Å². The smallest absolute Gasteiger partial charge is 0.409 e. The Bertz CT molecular complexity index is 1050. The summed E-state index contributed by atoms with van der Waals surface area (Å²) in [5.74, 6) is -0.0666. The fourth-order valence-electron chi connectivity index (χ4n) is 3.76. The maximum absolute atomic E-state index is 12.5. The number of carbonyl (C=O) groups excluding carboxylic acids is 2. The summed E-state index contributed by atoms with van der Waals surface area (Å²) in [6.07, 6.45) is 0.765. The molecule has 0 aliphatic carbocycles. The zero-order chi connectivity index (χ0) is 20.9. The van der Waals surface area contributed by atoms with Gasteiger partial charge in [0.15, 0.2) is 0 Å². The Labute approximate surface area is 176 Å². The van der Waals surface area contributed by atoms with Crippen molar-refractivity contribution in [2.24, 2.45) is 0 Å². The molecule has 0 bridgehead atoms. The first kappa shape index (κ1) is 19.7. The molecule has 1 N–H and O–H groups in total. The van der Waals surface area contributed by atoms with E-state index in [4.69, 9.17) is 4.74 Å². The predicted molar refractivity (Wildman–Crippen MR) is 117 cm³/mol. The lowest BCUT2D eigenvalue weighted by atomic mass is 9.99. The largest absolute Gasteiger partial charge is 0.453 e. The van der Waals surface area contributed by atoms with Crippen molar-refractivity contribution in [1.29, 1.82) is 0 Å². The molecule has 0 saturated carbocycles. The number of amides is 2. The fourth-order valence-corrected chi connectivity index (χ4v) is 3.76. The monoisotopic (exact) mass is 400 g/mol. The normalized spacial score (nSPS) is 12.8. The SMILES string of the molecule is COC(=O)N1CCc2ccc(NC(=O)Cc3ccc(-c4ccccc4)cc3)cc2C1. The number of fused-ring (bicyclic) bond motifs is 1. The van der Waals surface area contributed by atoms with Crippen molar-refractivity contribution in [1.82, 2.24) is 4.90 Å². The van der Waals surface area contributed by atoms with Gasteiger partial charge in [-0.05, 0) is 46.4 Å². The Morgan fingerprint density at radius 1 is 0.933 bits per heavy atom. The molecule has 5 nitrogen and oxygen atoms in total. The molecule has 0 atom stereocenters. The second-order valence-corrected chi connectivity index (χ2v) is 7.41. The van der Waals surface area contributed by atoms with E-state index in [0.717, 1.165) is 34.4 Å². The quantitative estimate of drug-likeness (QED) is 0.693. The van der Waals surface area contributed by atoms with Crippen molar-refractivity contribution in [2.75, 3.05) is 19.0 Å². The molecule has 0 radical (unpaired) electrons. The highest BCUT2D eigenvalue weighted by Crippen LogP contribution is 2.24. The summed E-state index contributed by atoms with van der Waals surface area (Å²) < 4.78 is 4.82. The number of hydrogen-bond acceptors (Lipinski definition) is 3. The molecule has 1 heterocycles. The summed E-state index contributed by atoms with van der Waals surface area (Å²) in [6.45, 7) is 1.14. The van der Waals surface area contributed by atoms with Gasteiger partial charge in [0.2, 0.25) is 5.91 Å². The van der Waals surface area contributed by atoms with Gasteiger partial charge < -0.3 is 15.0 Å². The van der Waals surface area contributed by atoms with Crippen LogP contribution in [0, 0.1) is 0 Å². The van der Waals surface area contributed by atoms with Crippen molar-refractivity contribution in [3.8, 4) is 11.1 Å². The van der Waals surface area contributed by atoms with Crippen LogP contribution in [0.1, 0.15) is 16.7 Å². The highest BCUT2D eigenvalue weighted by molar-refractivity contribution is 5.92. The minimum atomic E-state index is -0.325. The number of carbonyl (C=O) groups is 2. The molecule has 0 aromatic heterocycles. The van der Waals surface area contributed by atoms with E-state index in [1.807, 2.05) is 60.7 Å². The number of hydrogen-bond donors (Lipinski definition) is 1. The van der Waals surface area contributed by atoms with Crippen molar-refractivity contribution in [3.05, 3.63) is 89.5 Å². The fraction of sp³-hybridized carbons (Fsp3) is 0.200. The molecule has 4 rings (SSSR count). The third kappa shape index (κ3) is 4.51. The third-order valence-corrected chi connectivity index (χ3v) is 5.36. The van der Waals surface area contributed by atoms with Gasteiger partial charge in [0.1, 0.15) is 0 Å². The van der Waals surface area contributed by atoms with E-state index in [2.05, 4.69) is 17.4 Å². The van der Waals surface area contributed by atoms with Crippen LogP contribution in [-0.4, -0.2) is 30.6 Å². The zero-order valence-electron chi connectivity index (χ0n) is 16.9. The van der Waals surface area contributed by atoms with Gasteiger partial charge in [-0.1, -0.05) is 60.7 Å². The second kappa shape index (κ2) is 8.82. The lowest BCUT2D eigenvalue weighted by Crippen LogP contribution is -2.35. The van der Waals surface area contributed by atoms with E-state index in [1.165, 1.54) is 12.7 Å². The number of rotatable bonds is 4. The maximum atomic E-state index is 12.5. The number of ether oxygens (including phenoxy) is 1. The van der Waals surface area contributed by atoms with Crippen LogP contribution in [0.25, 0.3) is 11.1 Å². The predicted octanol–water partition coefficient (Wildman–Crippen LogP) is 4.66. The van der Waals surface area contributed by atoms with Gasteiger partial charge in [-0.2, -0.15) is 0 Å². The molecule has 5 heteroatoms. The molecule has 1 aliphatic heterocycles. The van der Waals surface area contributed by atoms with Crippen LogP contribution >= 0.6 is 0 Å². The van der Waals surface area contributed by atoms with E-state index in [9.17, 15) is 9.59 Å². The Hall–Kier alpha value is -3.60.